The van der Waals surface area contributed by atoms with Gasteiger partial charge in [0.05, 0.1) is 34.0 Å². The highest BCUT2D eigenvalue weighted by atomic mass is 35.5. The Bertz CT molecular complexity index is 2270. The van der Waals surface area contributed by atoms with Crippen molar-refractivity contribution in [3.8, 4) is 0 Å². The van der Waals surface area contributed by atoms with Crippen LogP contribution in [0.15, 0.2) is 71.4 Å². The first-order valence-electron chi connectivity index (χ1n) is 17.6. The summed E-state index contributed by atoms with van der Waals surface area (Å²) in [5.74, 6) is 1.56. The molecule has 0 bridgehead atoms. The number of benzene rings is 2. The number of nitrogens with zero attached hydrogens (tertiary/aromatic N) is 1. The average molecular weight is 868 g/mol. The number of hydrogen-bond donors (Lipinski definition) is 4. The number of carboxylic acids is 1. The van der Waals surface area contributed by atoms with Crippen LogP contribution in [0.3, 0.4) is 0 Å². The maximum atomic E-state index is 12.6. The lowest BCUT2D eigenvalue weighted by atomic mass is 9.92. The van der Waals surface area contributed by atoms with Crippen molar-refractivity contribution in [3.63, 3.8) is 0 Å². The Labute approximate surface area is 340 Å². The van der Waals surface area contributed by atoms with Crippen LogP contribution >= 0.6 is 45.9 Å². The van der Waals surface area contributed by atoms with Gasteiger partial charge in [-0.1, -0.05) is 61.3 Å². The molecule has 8 rings (SSSR count). The van der Waals surface area contributed by atoms with Gasteiger partial charge in [0.1, 0.15) is 0 Å². The fourth-order valence-electron chi connectivity index (χ4n) is 8.34. The van der Waals surface area contributed by atoms with Gasteiger partial charge < -0.3 is 15.3 Å². The molecule has 4 atom stereocenters. The molecule has 4 heterocycles. The molecule has 4 fully saturated rings. The highest BCUT2D eigenvalue weighted by molar-refractivity contribution is 7.92. The molecule has 2 saturated carbocycles. The van der Waals surface area contributed by atoms with Crippen molar-refractivity contribution in [1.82, 2.24) is 10.2 Å². The van der Waals surface area contributed by atoms with E-state index in [2.05, 4.69) is 34.7 Å². The monoisotopic (exact) mass is 866 g/mol. The molecule has 2 aliphatic carbocycles. The van der Waals surface area contributed by atoms with E-state index in [-0.39, 0.29) is 23.2 Å². The minimum absolute atomic E-state index is 0.00232. The van der Waals surface area contributed by atoms with Crippen molar-refractivity contribution in [2.75, 3.05) is 48.1 Å². The minimum Gasteiger partial charge on any atom is -0.481 e. The van der Waals surface area contributed by atoms with E-state index in [9.17, 15) is 26.4 Å². The highest BCUT2D eigenvalue weighted by Gasteiger charge is 2.66. The quantitative estimate of drug-likeness (QED) is 0.140. The Balaban J connectivity index is 0.000000157. The largest absolute Gasteiger partial charge is 0.481 e. The summed E-state index contributed by atoms with van der Waals surface area (Å²) >= 11 is 14.3. The molecule has 55 heavy (non-hydrogen) atoms. The molecule has 0 radical (unpaired) electrons. The first kappa shape index (κ1) is 41.5. The summed E-state index contributed by atoms with van der Waals surface area (Å²) in [6.45, 7) is 8.14. The van der Waals surface area contributed by atoms with Crippen LogP contribution in [0, 0.1) is 23.7 Å². The standard InChI is InChI=1S/C19H21ClN2O3S2.C13H18N2O2S.C6H5ClO2S/c1-19(13-4-3-5-14(8-13)21-27(2,24)25)15-9-22(10-16(15)19)18(23)7-12-6-17(20)26-11-12;1-13(11-7-14-8-12(11)13)9-4-3-5-10(6-9)15-18(2,16)17;7-5-1-4(3-10-5)2-6(8)9/h3-6,8,11,15-16,21H,7,9-10H2,1-2H3;3-6,11-12,14-15H,7-8H2,1-2H3;1,3H,2H2,(H,8,9). The van der Waals surface area contributed by atoms with Gasteiger partial charge in [-0.05, 0) is 106 Å². The number of hydrogen-bond acceptors (Lipinski definition) is 9. The molecule has 2 aromatic heterocycles. The second-order valence-electron chi connectivity index (χ2n) is 15.1. The smallest absolute Gasteiger partial charge is 0.307 e. The van der Waals surface area contributed by atoms with E-state index in [1.165, 1.54) is 34.5 Å². The summed E-state index contributed by atoms with van der Waals surface area (Å²) in [4.78, 5) is 24.6. The van der Waals surface area contributed by atoms with Gasteiger partial charge in [-0.15, -0.1) is 22.7 Å². The summed E-state index contributed by atoms with van der Waals surface area (Å²) in [5.41, 5.74) is 5.58. The van der Waals surface area contributed by atoms with Crippen LogP contribution in [0.25, 0.3) is 0 Å². The Kier molecular flexibility index (Phi) is 12.1. The molecule has 4 aliphatic rings. The predicted octanol–water partition coefficient (Wildman–Crippen LogP) is 6.56. The third-order valence-electron chi connectivity index (χ3n) is 11.3. The number of anilines is 2. The number of rotatable bonds is 10. The third-order valence-corrected chi connectivity index (χ3v) is 14.8. The van der Waals surface area contributed by atoms with E-state index >= 15 is 0 Å². The second-order valence-corrected chi connectivity index (χ2v) is 21.7. The van der Waals surface area contributed by atoms with Gasteiger partial charge in [-0.25, -0.2) is 16.8 Å². The highest BCUT2D eigenvalue weighted by Crippen LogP contribution is 2.63. The molecule has 1 amide bonds. The molecule has 296 valence electrons. The molecule has 4 aromatic rings. The van der Waals surface area contributed by atoms with Crippen molar-refractivity contribution < 1.29 is 31.5 Å². The number of piperidine rings is 2. The zero-order valence-electron chi connectivity index (χ0n) is 30.7. The van der Waals surface area contributed by atoms with E-state index in [0.717, 1.165) is 49.1 Å². The molecule has 2 aliphatic heterocycles. The van der Waals surface area contributed by atoms with Crippen LogP contribution in [-0.4, -0.2) is 77.4 Å². The molecule has 4 unspecified atom stereocenters. The first-order valence-corrected chi connectivity index (χ1v) is 23.9. The van der Waals surface area contributed by atoms with Crippen LogP contribution in [0.2, 0.25) is 8.67 Å². The van der Waals surface area contributed by atoms with E-state index in [4.69, 9.17) is 28.3 Å². The molecule has 4 N–H and O–H groups in total. The number of likely N-dealkylation sites (tertiary alicyclic amines) is 1. The minimum atomic E-state index is -3.30. The van der Waals surface area contributed by atoms with Gasteiger partial charge in [0, 0.05) is 35.3 Å². The number of amides is 1. The number of sulfonamides is 2. The average Bonchev–Trinajstić information content (AvgIpc) is 3.59. The number of thiophene rings is 2. The van der Waals surface area contributed by atoms with Gasteiger partial charge in [-0.3, -0.25) is 19.0 Å². The summed E-state index contributed by atoms with van der Waals surface area (Å²) in [5, 5.41) is 15.4. The SMILES string of the molecule is CC1(c2cccc(NS(C)(=O)=O)c2)C2CN(C(=O)Cc3csc(Cl)c3)CC21.CC1(c2cccc(NS(C)(=O)=O)c2)C2CNCC21.O=C(O)Cc1csc(Cl)c1. The van der Waals surface area contributed by atoms with Crippen molar-refractivity contribution in [3.05, 3.63) is 102 Å². The number of carboxylic acid groups (broad SMARTS) is 1. The summed E-state index contributed by atoms with van der Waals surface area (Å²) in [6.07, 6.45) is 2.78. The van der Waals surface area contributed by atoms with Crippen LogP contribution in [0.1, 0.15) is 36.1 Å². The fourth-order valence-corrected chi connectivity index (χ4v) is 11.3. The van der Waals surface area contributed by atoms with E-state index in [0.29, 0.717) is 50.1 Å². The zero-order valence-corrected chi connectivity index (χ0v) is 35.5. The van der Waals surface area contributed by atoms with E-state index < -0.39 is 26.0 Å². The number of aliphatic carboxylic acids is 1. The van der Waals surface area contributed by atoms with Crippen molar-refractivity contribution in [2.45, 2.75) is 37.5 Å². The lowest BCUT2D eigenvalue weighted by Gasteiger charge is -2.25. The number of carbonyl (C=O) groups excluding carboxylic acids is 1. The molecular weight excluding hydrogens is 824 g/mol. The van der Waals surface area contributed by atoms with Crippen molar-refractivity contribution >= 4 is 89.2 Å². The zero-order chi connectivity index (χ0) is 39.9. The fraction of sp³-hybridized carbons (Fsp3) is 0.421. The van der Waals surface area contributed by atoms with Gasteiger partial charge in [0.25, 0.3) is 0 Å². The molecule has 0 spiro atoms. The number of nitrogens with one attached hydrogen (secondary N) is 3. The lowest BCUT2D eigenvalue weighted by molar-refractivity contribution is -0.136. The van der Waals surface area contributed by atoms with E-state index in [1.54, 1.807) is 23.6 Å². The Morgan fingerprint density at radius 2 is 1.20 bits per heavy atom. The van der Waals surface area contributed by atoms with Gasteiger partial charge in [0.15, 0.2) is 0 Å². The summed E-state index contributed by atoms with van der Waals surface area (Å²) in [6, 6.07) is 18.9. The van der Waals surface area contributed by atoms with Crippen LogP contribution in [-0.2, 0) is 53.3 Å². The second kappa shape index (κ2) is 16.0. The Hall–Kier alpha value is -3.18. The van der Waals surface area contributed by atoms with Crippen molar-refractivity contribution in [1.29, 1.82) is 0 Å². The molecular formula is C38H44Cl2N4O7S4. The maximum Gasteiger partial charge on any atom is 0.307 e. The Morgan fingerprint density at radius 1 is 0.764 bits per heavy atom. The molecule has 17 heteroatoms. The summed E-state index contributed by atoms with van der Waals surface area (Å²) in [7, 11) is -6.50. The van der Waals surface area contributed by atoms with Crippen molar-refractivity contribution in [2.24, 2.45) is 23.7 Å². The van der Waals surface area contributed by atoms with Crippen LogP contribution in [0.5, 0.6) is 0 Å². The van der Waals surface area contributed by atoms with Gasteiger partial charge >= 0.3 is 5.97 Å². The molecule has 2 aromatic carbocycles. The first-order chi connectivity index (χ1) is 25.8. The number of carbonyl (C=O) groups is 2. The number of halogens is 2. The number of fused-ring (bicyclic) bond motifs is 2. The van der Waals surface area contributed by atoms with Gasteiger partial charge in [0.2, 0.25) is 26.0 Å². The third kappa shape index (κ3) is 9.86. The van der Waals surface area contributed by atoms with E-state index in [1.807, 2.05) is 46.7 Å². The predicted molar refractivity (Wildman–Crippen MR) is 222 cm³/mol. The van der Waals surface area contributed by atoms with Crippen LogP contribution < -0.4 is 14.8 Å². The molecule has 11 nitrogen and oxygen atoms in total. The Morgan fingerprint density at radius 3 is 1.60 bits per heavy atom. The normalized spacial score (nSPS) is 26.0. The maximum absolute atomic E-state index is 12.6. The molecule has 2 saturated heterocycles. The lowest BCUT2D eigenvalue weighted by Crippen LogP contribution is -2.35. The summed E-state index contributed by atoms with van der Waals surface area (Å²) < 4.78 is 51.9. The van der Waals surface area contributed by atoms with Gasteiger partial charge in [-0.2, -0.15) is 0 Å². The van der Waals surface area contributed by atoms with Crippen LogP contribution in [0.4, 0.5) is 11.4 Å². The topological polar surface area (TPSA) is 162 Å².